The Morgan fingerprint density at radius 1 is 0.679 bits per heavy atom. The standard InChI is InChI=1S/C50H42N4O.Pt/c1-35-29-38-25-26-42(32-47(38)52(33-35)48-30-39(27-28-51-48)50(2,3)4)55-41-20-13-19-40(31-41)53-34-54(46-24-12-11-23-45(46)53)49-43(36-15-7-5-8-16-36)21-14-22-44(49)37-17-9-6-10-18-37;/h5-28,30,35H,29,33H2,1-4H3;/q-2;. The third-order valence-corrected chi connectivity index (χ3v) is 11.6. The summed E-state index contributed by atoms with van der Waals surface area (Å²) in [7, 11) is 0. The first-order valence-electron chi connectivity index (χ1n) is 19.1. The topological polar surface area (TPSA) is 35.2 Å². The van der Waals surface area contributed by atoms with Gasteiger partial charge in [-0.05, 0) is 17.0 Å². The van der Waals surface area contributed by atoms with Crippen molar-refractivity contribution in [3.63, 3.8) is 0 Å². The summed E-state index contributed by atoms with van der Waals surface area (Å²) in [6.07, 6.45) is 2.91. The number of ether oxygens (including phenoxy) is 1. The fourth-order valence-corrected chi connectivity index (χ4v) is 8.90. The van der Waals surface area contributed by atoms with Crippen LogP contribution in [0.1, 0.15) is 38.8 Å². The predicted molar refractivity (Wildman–Crippen MR) is 224 cm³/mol. The average Bonchev–Trinajstić information content (AvgIpc) is 3.52. The number of nitrogens with zero attached hydrogens (tertiary/aromatic N) is 4. The van der Waals surface area contributed by atoms with Crippen LogP contribution >= 0.6 is 0 Å². The summed E-state index contributed by atoms with van der Waals surface area (Å²) in [6.45, 7) is 9.89. The first kappa shape index (κ1) is 35.9. The second-order valence-corrected chi connectivity index (χ2v) is 16.6. The minimum absolute atomic E-state index is 0.0229. The van der Waals surface area contributed by atoms with Gasteiger partial charge in [-0.2, -0.15) is 0 Å². The molecule has 1 unspecified atom stereocenters. The Morgan fingerprint density at radius 2 is 1.30 bits per heavy atom. The van der Waals surface area contributed by atoms with Crippen LogP contribution < -0.4 is 9.64 Å². The number of aromatic nitrogens is 3. The van der Waals surface area contributed by atoms with E-state index >= 15 is 0 Å². The summed E-state index contributed by atoms with van der Waals surface area (Å²) in [6, 6.07) is 58.4. The molecule has 0 amide bonds. The molecule has 0 N–H and O–H groups in total. The molecule has 0 fully saturated rings. The van der Waals surface area contributed by atoms with Gasteiger partial charge in [-0.25, -0.2) is 0 Å². The van der Waals surface area contributed by atoms with Crippen molar-refractivity contribution in [2.24, 2.45) is 5.92 Å². The molecule has 56 heavy (non-hydrogen) atoms. The molecule has 0 spiro atoms. The van der Waals surface area contributed by atoms with Crippen LogP contribution in [0.5, 0.6) is 11.5 Å². The van der Waals surface area contributed by atoms with Crippen molar-refractivity contribution in [3.05, 3.63) is 179 Å². The molecular formula is C50H42N4OPt-2. The molecule has 1 aliphatic rings. The molecule has 9 rings (SSSR count). The van der Waals surface area contributed by atoms with Crippen LogP contribution in [-0.2, 0) is 31.2 Å². The van der Waals surface area contributed by atoms with Gasteiger partial charge in [0.25, 0.3) is 0 Å². The van der Waals surface area contributed by atoms with Crippen LogP contribution in [0.25, 0.3) is 44.7 Å². The summed E-state index contributed by atoms with van der Waals surface area (Å²) >= 11 is 2.47. The fraction of sp³-hybridized carbons (Fsp3) is 0.160. The Bertz CT molecular complexity index is 2700. The third kappa shape index (κ3) is 6.75. The van der Waals surface area contributed by atoms with E-state index in [-0.39, 0.29) is 5.41 Å². The Balaban J connectivity index is 1.14. The van der Waals surface area contributed by atoms with Crippen molar-refractivity contribution in [3.8, 4) is 45.1 Å². The Hall–Kier alpha value is -5.77. The molecule has 280 valence electrons. The van der Waals surface area contributed by atoms with E-state index in [1.165, 1.54) is 11.1 Å². The fourth-order valence-electron chi connectivity index (χ4n) is 7.83. The molecule has 5 nitrogen and oxygen atoms in total. The summed E-state index contributed by atoms with van der Waals surface area (Å²) in [4.78, 5) is 7.13. The van der Waals surface area contributed by atoms with E-state index < -0.39 is 0 Å². The second-order valence-electron chi connectivity index (χ2n) is 15.6. The van der Waals surface area contributed by atoms with Gasteiger partial charge >= 0.3 is 291 Å². The van der Waals surface area contributed by atoms with Gasteiger partial charge in [0.05, 0.1) is 0 Å². The molecule has 1 atom stereocenters. The maximum atomic E-state index is 6.61. The summed E-state index contributed by atoms with van der Waals surface area (Å²) in [5, 5.41) is 0. The van der Waals surface area contributed by atoms with Crippen LogP contribution in [0.2, 0.25) is 0 Å². The number of hydrogen-bond acceptors (Lipinski definition) is 3. The zero-order valence-corrected chi connectivity index (χ0v) is 34.2. The molecule has 0 saturated heterocycles. The van der Waals surface area contributed by atoms with Gasteiger partial charge < -0.3 is 0 Å². The Kier molecular flexibility index (Phi) is 9.43. The third-order valence-electron chi connectivity index (χ3n) is 10.6. The monoisotopic (exact) mass is 909 g/mol. The number of pyridine rings is 1. The van der Waals surface area contributed by atoms with Gasteiger partial charge in [0, 0.05) is 6.20 Å². The number of benzene rings is 6. The van der Waals surface area contributed by atoms with Gasteiger partial charge in [-0.1, -0.05) is 27.7 Å². The molecule has 6 heteroatoms. The van der Waals surface area contributed by atoms with Gasteiger partial charge in [-0.3, -0.25) is 0 Å². The van der Waals surface area contributed by atoms with E-state index in [0.717, 1.165) is 72.9 Å². The number of fused-ring (bicyclic) bond motifs is 2. The van der Waals surface area contributed by atoms with Crippen molar-refractivity contribution in [2.75, 3.05) is 11.4 Å². The SMILES string of the molecule is CC1Cc2ccc(Oc3[c-]c(-n4[c](=[Pt])n(-c5c(-c6ccccc6)cccc5-c5ccccc5)c5ccccc54)ccc3)[c-]c2N(c2cc(C(C)(C)C)ccn2)C1. The molecule has 8 aromatic rings. The Morgan fingerprint density at radius 3 is 1.98 bits per heavy atom. The zero-order valence-electron chi connectivity index (χ0n) is 31.9. The van der Waals surface area contributed by atoms with E-state index in [9.17, 15) is 0 Å². The van der Waals surface area contributed by atoms with Gasteiger partial charge in [0.15, 0.2) is 0 Å². The zero-order chi connectivity index (χ0) is 38.4. The summed E-state index contributed by atoms with van der Waals surface area (Å²) < 4.78 is 12.3. The van der Waals surface area contributed by atoms with E-state index in [0.29, 0.717) is 17.4 Å². The molecular weight excluding hydrogens is 868 g/mol. The minimum atomic E-state index is 0.0229. The van der Waals surface area contributed by atoms with Crippen LogP contribution in [-0.4, -0.2) is 20.7 Å². The molecule has 0 bridgehead atoms. The van der Waals surface area contributed by atoms with E-state index in [4.69, 9.17) is 9.72 Å². The van der Waals surface area contributed by atoms with E-state index in [1.54, 1.807) is 0 Å². The maximum absolute atomic E-state index is 6.61. The van der Waals surface area contributed by atoms with Crippen molar-refractivity contribution < 1.29 is 24.1 Å². The van der Waals surface area contributed by atoms with Crippen molar-refractivity contribution in [1.82, 2.24) is 14.1 Å². The number of imidazole rings is 1. The number of rotatable bonds is 7. The Labute approximate surface area is 339 Å². The molecule has 3 heterocycles. The normalized spacial score (nSPS) is 14.2. The summed E-state index contributed by atoms with van der Waals surface area (Å²) in [5.41, 5.74) is 12.4. The molecule has 0 aliphatic carbocycles. The molecule has 1 aliphatic heterocycles. The molecule has 2 aromatic heterocycles. The van der Waals surface area contributed by atoms with Gasteiger partial charge in [0.1, 0.15) is 0 Å². The van der Waals surface area contributed by atoms with E-state index in [2.05, 4.69) is 201 Å². The predicted octanol–water partition coefficient (Wildman–Crippen LogP) is 12.2. The van der Waals surface area contributed by atoms with Gasteiger partial charge in [-0.15, -0.1) is 0 Å². The molecule has 0 radical (unpaired) electrons. The molecule has 6 aromatic carbocycles. The van der Waals surface area contributed by atoms with Crippen LogP contribution in [0.4, 0.5) is 11.5 Å². The van der Waals surface area contributed by atoms with Crippen molar-refractivity contribution in [1.29, 1.82) is 0 Å². The van der Waals surface area contributed by atoms with Crippen LogP contribution in [0, 0.1) is 21.9 Å². The van der Waals surface area contributed by atoms with Crippen LogP contribution in [0.3, 0.4) is 0 Å². The first-order valence-corrected chi connectivity index (χ1v) is 20.3. The first-order chi connectivity index (χ1) is 27.2. The van der Waals surface area contributed by atoms with E-state index in [1.807, 2.05) is 24.4 Å². The number of hydrogen-bond donors (Lipinski definition) is 0. The number of para-hydroxylation sites is 3. The summed E-state index contributed by atoms with van der Waals surface area (Å²) in [5.74, 6) is 2.70. The van der Waals surface area contributed by atoms with Crippen molar-refractivity contribution in [2.45, 2.75) is 39.5 Å². The second kappa shape index (κ2) is 14.7. The number of anilines is 2. The average molecular weight is 910 g/mol. The van der Waals surface area contributed by atoms with Crippen molar-refractivity contribution >= 4 is 22.5 Å². The quantitative estimate of drug-likeness (QED) is 0.149. The molecule has 0 saturated carbocycles. The van der Waals surface area contributed by atoms with Gasteiger partial charge in [0.2, 0.25) is 0 Å². The van der Waals surface area contributed by atoms with Crippen LogP contribution in [0.15, 0.2) is 152 Å².